The third-order valence-electron chi connectivity index (χ3n) is 2.66. The quantitative estimate of drug-likeness (QED) is 0.796. The fourth-order valence-electron chi connectivity index (χ4n) is 1.86. The summed E-state index contributed by atoms with van der Waals surface area (Å²) in [6.45, 7) is 5.47. The minimum atomic E-state index is 0.370. The summed E-state index contributed by atoms with van der Waals surface area (Å²) in [7, 11) is 0. The van der Waals surface area contributed by atoms with Crippen molar-refractivity contribution >= 4 is 0 Å². The van der Waals surface area contributed by atoms with E-state index in [0.29, 0.717) is 6.04 Å². The average molecular weight is 210 g/mol. The second kappa shape index (κ2) is 5.23. The second-order valence-corrected chi connectivity index (χ2v) is 3.77. The Balaban J connectivity index is 2.02. The van der Waals surface area contributed by atoms with Gasteiger partial charge in [0.1, 0.15) is 12.2 Å². The van der Waals surface area contributed by atoms with Gasteiger partial charge in [-0.05, 0) is 19.4 Å². The molecule has 0 saturated carbocycles. The number of ether oxygens (including phenoxy) is 1. The van der Waals surface area contributed by atoms with E-state index in [1.54, 1.807) is 6.33 Å². The molecule has 1 aliphatic heterocycles. The van der Waals surface area contributed by atoms with Crippen LogP contribution in [-0.4, -0.2) is 34.5 Å². The van der Waals surface area contributed by atoms with E-state index in [0.717, 1.165) is 45.0 Å². The predicted octanol–water partition coefficient (Wildman–Crippen LogP) is 0.739. The van der Waals surface area contributed by atoms with Crippen LogP contribution in [0.3, 0.4) is 0 Å². The first-order chi connectivity index (χ1) is 7.42. The zero-order valence-electron chi connectivity index (χ0n) is 9.15. The molecule has 0 spiro atoms. The Kier molecular flexibility index (Phi) is 3.69. The van der Waals surface area contributed by atoms with Crippen LogP contribution >= 0.6 is 0 Å². The van der Waals surface area contributed by atoms with Crippen LogP contribution in [0.2, 0.25) is 0 Å². The van der Waals surface area contributed by atoms with Gasteiger partial charge in [0.2, 0.25) is 0 Å². The van der Waals surface area contributed by atoms with Crippen LogP contribution in [-0.2, 0) is 11.3 Å². The molecule has 5 nitrogen and oxygen atoms in total. The molecule has 1 N–H and O–H groups in total. The van der Waals surface area contributed by atoms with Crippen molar-refractivity contribution < 1.29 is 4.74 Å². The molecule has 0 amide bonds. The van der Waals surface area contributed by atoms with Crippen LogP contribution in [0.15, 0.2) is 6.33 Å². The number of aromatic nitrogens is 3. The van der Waals surface area contributed by atoms with Gasteiger partial charge >= 0.3 is 0 Å². The van der Waals surface area contributed by atoms with Crippen LogP contribution in [0, 0.1) is 0 Å². The Morgan fingerprint density at radius 3 is 3.33 bits per heavy atom. The van der Waals surface area contributed by atoms with Gasteiger partial charge in [0, 0.05) is 6.61 Å². The van der Waals surface area contributed by atoms with Crippen LogP contribution in [0.4, 0.5) is 0 Å². The maximum atomic E-state index is 5.46. The highest BCUT2D eigenvalue weighted by molar-refractivity contribution is 4.88. The van der Waals surface area contributed by atoms with Gasteiger partial charge in [-0.1, -0.05) is 6.92 Å². The van der Waals surface area contributed by atoms with Gasteiger partial charge < -0.3 is 10.1 Å². The molecule has 0 aliphatic carbocycles. The summed E-state index contributed by atoms with van der Waals surface area (Å²) in [5, 5.41) is 7.54. The summed E-state index contributed by atoms with van der Waals surface area (Å²) in [6.07, 6.45) is 3.88. The van der Waals surface area contributed by atoms with E-state index in [1.165, 1.54) is 0 Å². The molecule has 0 radical (unpaired) electrons. The zero-order chi connectivity index (χ0) is 10.5. The molecule has 0 bridgehead atoms. The van der Waals surface area contributed by atoms with Crippen molar-refractivity contribution in [1.82, 2.24) is 20.1 Å². The van der Waals surface area contributed by atoms with E-state index in [9.17, 15) is 0 Å². The van der Waals surface area contributed by atoms with Crippen molar-refractivity contribution in [1.29, 1.82) is 0 Å². The first kappa shape index (κ1) is 10.6. The molecule has 15 heavy (non-hydrogen) atoms. The van der Waals surface area contributed by atoms with Crippen molar-refractivity contribution in [2.45, 2.75) is 32.4 Å². The molecule has 1 fully saturated rings. The number of hydrogen-bond acceptors (Lipinski definition) is 4. The lowest BCUT2D eigenvalue weighted by molar-refractivity contribution is 0.0536. The molecule has 1 unspecified atom stereocenters. The highest BCUT2D eigenvalue weighted by Gasteiger charge is 2.19. The topological polar surface area (TPSA) is 52.0 Å². The fourth-order valence-corrected chi connectivity index (χ4v) is 1.86. The Labute approximate surface area is 89.8 Å². The van der Waals surface area contributed by atoms with Crippen molar-refractivity contribution in [2.75, 3.05) is 19.8 Å². The normalized spacial score (nSPS) is 21.8. The Morgan fingerprint density at radius 2 is 2.60 bits per heavy atom. The van der Waals surface area contributed by atoms with Gasteiger partial charge in [-0.25, -0.2) is 9.67 Å². The van der Waals surface area contributed by atoms with Gasteiger partial charge in [-0.2, -0.15) is 5.10 Å². The smallest absolute Gasteiger partial charge is 0.141 e. The first-order valence-electron chi connectivity index (χ1n) is 5.58. The third-order valence-corrected chi connectivity index (χ3v) is 2.66. The first-order valence-corrected chi connectivity index (χ1v) is 5.58. The fraction of sp³-hybridized carbons (Fsp3) is 0.800. The minimum Gasteiger partial charge on any atom is -0.379 e. The Hall–Kier alpha value is -0.940. The molecular formula is C10H18N4O. The van der Waals surface area contributed by atoms with Crippen LogP contribution in [0.25, 0.3) is 0 Å². The summed E-state index contributed by atoms with van der Waals surface area (Å²) in [5.41, 5.74) is 0. The number of nitrogens with zero attached hydrogens (tertiary/aromatic N) is 3. The van der Waals surface area contributed by atoms with Gasteiger partial charge in [0.05, 0.1) is 19.2 Å². The molecule has 2 heterocycles. The molecule has 1 saturated heterocycles. The SMILES string of the molecule is CCNCc1ncnn1C1CCCOC1. The Bertz CT molecular complexity index is 293. The highest BCUT2D eigenvalue weighted by atomic mass is 16.5. The molecule has 2 rings (SSSR count). The van der Waals surface area contributed by atoms with Crippen molar-refractivity contribution in [3.05, 3.63) is 12.2 Å². The van der Waals surface area contributed by atoms with E-state index in [2.05, 4.69) is 22.3 Å². The van der Waals surface area contributed by atoms with Crippen LogP contribution < -0.4 is 5.32 Å². The van der Waals surface area contributed by atoms with Gasteiger partial charge in [0.25, 0.3) is 0 Å². The predicted molar refractivity (Wildman–Crippen MR) is 56.5 cm³/mol. The van der Waals surface area contributed by atoms with Gasteiger partial charge in [-0.15, -0.1) is 0 Å². The third kappa shape index (κ3) is 2.54. The summed E-state index contributed by atoms with van der Waals surface area (Å²) in [5.74, 6) is 1.01. The minimum absolute atomic E-state index is 0.370. The van der Waals surface area contributed by atoms with Crippen LogP contribution in [0.1, 0.15) is 31.6 Å². The number of rotatable bonds is 4. The Morgan fingerprint density at radius 1 is 1.67 bits per heavy atom. The molecule has 84 valence electrons. The van der Waals surface area contributed by atoms with E-state index >= 15 is 0 Å². The highest BCUT2D eigenvalue weighted by Crippen LogP contribution is 2.19. The molecule has 1 atom stereocenters. The summed E-state index contributed by atoms with van der Waals surface area (Å²) >= 11 is 0. The molecule has 1 aliphatic rings. The maximum Gasteiger partial charge on any atom is 0.141 e. The molecule has 0 aromatic carbocycles. The lowest BCUT2D eigenvalue weighted by Gasteiger charge is -2.23. The standard InChI is InChI=1S/C10H18N4O/c1-2-11-6-10-12-8-13-14(10)9-4-3-5-15-7-9/h8-9,11H,2-7H2,1H3. The number of nitrogens with one attached hydrogen (secondary N) is 1. The molecule has 1 aromatic heterocycles. The zero-order valence-corrected chi connectivity index (χ0v) is 9.15. The molecular weight excluding hydrogens is 192 g/mol. The van der Waals surface area contributed by atoms with Crippen molar-refractivity contribution in [3.8, 4) is 0 Å². The maximum absolute atomic E-state index is 5.46. The molecule has 5 heteroatoms. The summed E-state index contributed by atoms with van der Waals surface area (Å²) in [4.78, 5) is 4.26. The van der Waals surface area contributed by atoms with E-state index in [4.69, 9.17) is 4.74 Å². The second-order valence-electron chi connectivity index (χ2n) is 3.77. The van der Waals surface area contributed by atoms with Crippen LogP contribution in [0.5, 0.6) is 0 Å². The molecule has 1 aromatic rings. The average Bonchev–Trinajstić information content (AvgIpc) is 2.75. The lowest BCUT2D eigenvalue weighted by atomic mass is 10.1. The van der Waals surface area contributed by atoms with Crippen molar-refractivity contribution in [3.63, 3.8) is 0 Å². The largest absolute Gasteiger partial charge is 0.379 e. The van der Waals surface area contributed by atoms with E-state index in [-0.39, 0.29) is 0 Å². The monoisotopic (exact) mass is 210 g/mol. The van der Waals surface area contributed by atoms with E-state index < -0.39 is 0 Å². The van der Waals surface area contributed by atoms with Crippen molar-refractivity contribution in [2.24, 2.45) is 0 Å². The summed E-state index contributed by atoms with van der Waals surface area (Å²) < 4.78 is 7.46. The van der Waals surface area contributed by atoms with Gasteiger partial charge in [0.15, 0.2) is 0 Å². The van der Waals surface area contributed by atoms with E-state index in [1.807, 2.05) is 4.68 Å². The summed E-state index contributed by atoms with van der Waals surface area (Å²) in [6, 6.07) is 0.370. The number of hydrogen-bond donors (Lipinski definition) is 1. The lowest BCUT2D eigenvalue weighted by Crippen LogP contribution is -2.26. The van der Waals surface area contributed by atoms with Gasteiger partial charge in [-0.3, -0.25) is 0 Å².